The number of piperidine rings is 1. The van der Waals surface area contributed by atoms with Crippen molar-refractivity contribution in [1.29, 1.82) is 0 Å². The predicted octanol–water partition coefficient (Wildman–Crippen LogP) is 4.42. The Labute approximate surface area is 209 Å². The van der Waals surface area contributed by atoms with E-state index in [9.17, 15) is 0 Å². The summed E-state index contributed by atoms with van der Waals surface area (Å²) in [6, 6.07) is 8.98. The lowest BCUT2D eigenvalue weighted by molar-refractivity contribution is 0.218. The molecule has 0 atom stereocenters. The Hall–Kier alpha value is -2.83. The van der Waals surface area contributed by atoms with Gasteiger partial charge in [0.05, 0.1) is 23.1 Å². The van der Waals surface area contributed by atoms with Crippen molar-refractivity contribution < 1.29 is 0 Å². The van der Waals surface area contributed by atoms with Crippen LogP contribution in [0.3, 0.4) is 0 Å². The van der Waals surface area contributed by atoms with Crippen molar-refractivity contribution in [3.05, 3.63) is 65.4 Å². The van der Waals surface area contributed by atoms with Crippen molar-refractivity contribution in [3.63, 3.8) is 0 Å². The van der Waals surface area contributed by atoms with Crippen LogP contribution in [-0.4, -0.2) is 78.1 Å². The number of pyridine rings is 1. The molecule has 35 heavy (non-hydrogen) atoms. The van der Waals surface area contributed by atoms with Gasteiger partial charge in [-0.05, 0) is 95.5 Å². The van der Waals surface area contributed by atoms with Crippen molar-refractivity contribution in [3.8, 4) is 0 Å². The topological polar surface area (TPSA) is 48.4 Å². The van der Waals surface area contributed by atoms with Crippen LogP contribution >= 0.6 is 0 Å². The van der Waals surface area contributed by atoms with Gasteiger partial charge in [-0.3, -0.25) is 4.98 Å². The van der Waals surface area contributed by atoms with E-state index in [1.54, 1.807) is 6.33 Å². The molecule has 184 valence electrons. The molecule has 0 radical (unpaired) electrons. The van der Waals surface area contributed by atoms with Gasteiger partial charge in [-0.2, -0.15) is 0 Å². The molecule has 2 aromatic heterocycles. The predicted molar refractivity (Wildman–Crippen MR) is 145 cm³/mol. The molecule has 0 saturated carbocycles. The molecule has 0 N–H and O–H groups in total. The highest BCUT2D eigenvalue weighted by atomic mass is 15.2. The molecule has 5 rings (SSSR count). The number of hydrogen-bond donors (Lipinski definition) is 0. The van der Waals surface area contributed by atoms with Crippen molar-refractivity contribution in [1.82, 2.24) is 24.8 Å². The van der Waals surface area contributed by atoms with Gasteiger partial charge in [0.1, 0.15) is 6.33 Å². The maximum Gasteiger partial charge on any atom is 0.116 e. The van der Waals surface area contributed by atoms with Crippen LogP contribution in [0.15, 0.2) is 42.9 Å². The number of aromatic nitrogens is 3. The minimum absolute atomic E-state index is 0.695. The van der Waals surface area contributed by atoms with Gasteiger partial charge in [-0.15, -0.1) is 0 Å². The normalized spacial score (nSPS) is 19.0. The standard InChI is InChI=1S/C29H38N6/c1-5-25(26-18-24(19-30-21(26)2)35-14-12-34(4)13-15-35)23-6-7-28-27(17-23)29(32-20-31-28)16-22-8-10-33(3)11-9-22/h5-7,17-20,22H,8-16H2,1-4H3/b25-5-. The second-order valence-electron chi connectivity index (χ2n) is 10.3. The van der Waals surface area contributed by atoms with Crippen LogP contribution in [0.25, 0.3) is 16.5 Å². The fourth-order valence-corrected chi connectivity index (χ4v) is 5.49. The number of nitrogens with zero attached hydrogens (tertiary/aromatic N) is 6. The van der Waals surface area contributed by atoms with Gasteiger partial charge in [-0.1, -0.05) is 12.1 Å². The Morgan fingerprint density at radius 3 is 2.43 bits per heavy atom. The van der Waals surface area contributed by atoms with Crippen LogP contribution in [0.4, 0.5) is 5.69 Å². The molecule has 2 aliphatic heterocycles. The van der Waals surface area contributed by atoms with E-state index in [1.807, 2.05) is 6.20 Å². The number of likely N-dealkylation sites (N-methyl/N-ethyl adjacent to an activating group) is 1. The lowest BCUT2D eigenvalue weighted by atomic mass is 9.90. The fourth-order valence-electron chi connectivity index (χ4n) is 5.49. The first-order valence-electron chi connectivity index (χ1n) is 13.0. The van der Waals surface area contributed by atoms with E-state index in [0.29, 0.717) is 5.92 Å². The minimum atomic E-state index is 0.695. The van der Waals surface area contributed by atoms with E-state index in [0.717, 1.165) is 43.8 Å². The Balaban J connectivity index is 1.46. The number of hydrogen-bond acceptors (Lipinski definition) is 6. The molecule has 0 bridgehead atoms. The van der Waals surface area contributed by atoms with Crippen LogP contribution in [0.1, 0.15) is 42.3 Å². The quantitative estimate of drug-likeness (QED) is 0.550. The van der Waals surface area contributed by atoms with Gasteiger partial charge in [0.15, 0.2) is 0 Å². The zero-order valence-electron chi connectivity index (χ0n) is 21.7. The number of allylic oxidation sites excluding steroid dienone is 1. The Kier molecular flexibility index (Phi) is 7.12. The minimum Gasteiger partial charge on any atom is -0.368 e. The van der Waals surface area contributed by atoms with Crippen molar-refractivity contribution >= 4 is 22.2 Å². The lowest BCUT2D eigenvalue weighted by Crippen LogP contribution is -2.44. The molecule has 2 aliphatic rings. The summed E-state index contributed by atoms with van der Waals surface area (Å²) in [5.41, 5.74) is 8.13. The third-order valence-electron chi connectivity index (χ3n) is 7.87. The van der Waals surface area contributed by atoms with Crippen LogP contribution in [0.2, 0.25) is 0 Å². The maximum absolute atomic E-state index is 4.81. The van der Waals surface area contributed by atoms with E-state index in [2.05, 4.69) is 78.0 Å². The number of rotatable bonds is 5. The van der Waals surface area contributed by atoms with E-state index in [4.69, 9.17) is 9.97 Å². The molecule has 3 aromatic rings. The lowest BCUT2D eigenvalue weighted by Gasteiger charge is -2.34. The number of aryl methyl sites for hydroxylation is 1. The first-order valence-corrected chi connectivity index (χ1v) is 13.0. The molecule has 0 unspecified atom stereocenters. The Bertz CT molecular complexity index is 1200. The van der Waals surface area contributed by atoms with Crippen LogP contribution in [0.5, 0.6) is 0 Å². The maximum atomic E-state index is 4.81. The average molecular weight is 471 g/mol. The molecule has 4 heterocycles. The summed E-state index contributed by atoms with van der Waals surface area (Å²) in [7, 11) is 4.41. The molecule has 2 fully saturated rings. The monoisotopic (exact) mass is 470 g/mol. The smallest absolute Gasteiger partial charge is 0.116 e. The highest BCUT2D eigenvalue weighted by Gasteiger charge is 2.20. The van der Waals surface area contributed by atoms with Gasteiger partial charge in [0.25, 0.3) is 0 Å². The van der Waals surface area contributed by atoms with Crippen molar-refractivity contribution in [2.45, 2.75) is 33.1 Å². The number of benzene rings is 1. The number of anilines is 1. The molecule has 0 amide bonds. The van der Waals surface area contributed by atoms with E-state index < -0.39 is 0 Å². The first kappa shape index (κ1) is 23.9. The van der Waals surface area contributed by atoms with Crippen LogP contribution < -0.4 is 4.90 Å². The Morgan fingerprint density at radius 1 is 0.943 bits per heavy atom. The van der Waals surface area contributed by atoms with Gasteiger partial charge in [0, 0.05) is 42.8 Å². The number of likely N-dealkylation sites (tertiary alicyclic amines) is 1. The van der Waals surface area contributed by atoms with Crippen LogP contribution in [-0.2, 0) is 6.42 Å². The average Bonchev–Trinajstić information content (AvgIpc) is 2.88. The van der Waals surface area contributed by atoms with Gasteiger partial charge in [0.2, 0.25) is 0 Å². The van der Waals surface area contributed by atoms with E-state index in [-0.39, 0.29) is 0 Å². The summed E-state index contributed by atoms with van der Waals surface area (Å²) >= 11 is 0. The van der Waals surface area contributed by atoms with Gasteiger partial charge < -0.3 is 14.7 Å². The summed E-state index contributed by atoms with van der Waals surface area (Å²) < 4.78 is 0. The number of piperazine rings is 1. The summed E-state index contributed by atoms with van der Waals surface area (Å²) in [6.45, 7) is 10.9. The second kappa shape index (κ2) is 10.4. The van der Waals surface area contributed by atoms with Gasteiger partial charge in [-0.25, -0.2) is 9.97 Å². The second-order valence-corrected chi connectivity index (χ2v) is 10.3. The zero-order valence-corrected chi connectivity index (χ0v) is 21.7. The summed E-state index contributed by atoms with van der Waals surface area (Å²) in [6.07, 6.45) is 9.50. The molecular formula is C29H38N6. The fraction of sp³-hybridized carbons (Fsp3) is 0.483. The first-order chi connectivity index (χ1) is 17.0. The molecule has 2 saturated heterocycles. The summed E-state index contributed by atoms with van der Waals surface area (Å²) in [5.74, 6) is 0.695. The highest BCUT2D eigenvalue weighted by molar-refractivity contribution is 5.89. The highest BCUT2D eigenvalue weighted by Crippen LogP contribution is 2.32. The molecule has 6 heteroatoms. The molecular weight excluding hydrogens is 432 g/mol. The largest absolute Gasteiger partial charge is 0.368 e. The Morgan fingerprint density at radius 2 is 1.69 bits per heavy atom. The van der Waals surface area contributed by atoms with Crippen molar-refractivity contribution in [2.24, 2.45) is 5.92 Å². The summed E-state index contributed by atoms with van der Waals surface area (Å²) in [5, 5.41) is 1.18. The SMILES string of the molecule is C/C=C(/c1ccc2ncnc(CC3CCN(C)CC3)c2c1)c1cc(N2CCN(C)CC2)cnc1C. The summed E-state index contributed by atoms with van der Waals surface area (Å²) in [4.78, 5) is 21.4. The van der Waals surface area contributed by atoms with Crippen LogP contribution in [0, 0.1) is 12.8 Å². The van der Waals surface area contributed by atoms with E-state index in [1.165, 1.54) is 59.4 Å². The molecule has 1 aromatic carbocycles. The molecule has 6 nitrogen and oxygen atoms in total. The third-order valence-corrected chi connectivity index (χ3v) is 7.87. The zero-order chi connectivity index (χ0) is 24.4. The molecule has 0 aliphatic carbocycles. The van der Waals surface area contributed by atoms with Gasteiger partial charge >= 0.3 is 0 Å². The molecule has 0 spiro atoms. The number of fused-ring (bicyclic) bond motifs is 1. The van der Waals surface area contributed by atoms with E-state index >= 15 is 0 Å². The van der Waals surface area contributed by atoms with Crippen molar-refractivity contribution in [2.75, 3.05) is 58.3 Å². The third kappa shape index (κ3) is 5.24.